The van der Waals surface area contributed by atoms with Crippen LogP contribution in [0.25, 0.3) is 6.08 Å². The third-order valence-corrected chi connectivity index (χ3v) is 5.62. The minimum atomic E-state index is -0.830. The van der Waals surface area contributed by atoms with Crippen molar-refractivity contribution in [1.29, 1.82) is 0 Å². The van der Waals surface area contributed by atoms with Crippen LogP contribution < -0.4 is 19.7 Å². The number of hydrogen-bond donors (Lipinski definition) is 1. The van der Waals surface area contributed by atoms with E-state index in [-0.39, 0.29) is 17.9 Å². The third-order valence-electron chi connectivity index (χ3n) is 5.03. The zero-order valence-electron chi connectivity index (χ0n) is 17.9. The average molecular weight is 497 g/mol. The number of rotatable bonds is 6. The van der Waals surface area contributed by atoms with Crippen molar-refractivity contribution < 1.29 is 23.9 Å². The molecule has 0 bridgehead atoms. The van der Waals surface area contributed by atoms with E-state index in [1.54, 1.807) is 66.7 Å². The maximum absolute atomic E-state index is 13.0. The molecule has 0 radical (unpaired) electrons. The average Bonchev–Trinajstić information content (AvgIpc) is 2.82. The van der Waals surface area contributed by atoms with Crippen LogP contribution >= 0.6 is 23.2 Å². The lowest BCUT2D eigenvalue weighted by Crippen LogP contribution is -2.54. The molecule has 0 saturated carbocycles. The van der Waals surface area contributed by atoms with Gasteiger partial charge in [-0.05, 0) is 60.2 Å². The van der Waals surface area contributed by atoms with Gasteiger partial charge in [0.25, 0.3) is 11.8 Å². The number of hydrogen-bond acceptors (Lipinski definition) is 5. The zero-order chi connectivity index (χ0) is 24.2. The van der Waals surface area contributed by atoms with Crippen LogP contribution in [0.2, 0.25) is 10.0 Å². The molecule has 7 nitrogen and oxygen atoms in total. The number of amides is 4. The first-order chi connectivity index (χ1) is 16.4. The predicted octanol–water partition coefficient (Wildman–Crippen LogP) is 5.25. The molecule has 1 aliphatic rings. The lowest BCUT2D eigenvalue weighted by atomic mass is 10.1. The second kappa shape index (κ2) is 9.99. The number of imide groups is 2. The Hall–Kier alpha value is -3.81. The van der Waals surface area contributed by atoms with Crippen molar-refractivity contribution in [2.24, 2.45) is 0 Å². The van der Waals surface area contributed by atoms with E-state index in [1.165, 1.54) is 13.2 Å². The first-order valence-electron chi connectivity index (χ1n) is 10.1. The lowest BCUT2D eigenvalue weighted by Gasteiger charge is -2.26. The maximum atomic E-state index is 13.0. The highest BCUT2D eigenvalue weighted by Crippen LogP contribution is 2.26. The Morgan fingerprint density at radius 2 is 1.59 bits per heavy atom. The molecule has 0 atom stereocenters. The van der Waals surface area contributed by atoms with Gasteiger partial charge < -0.3 is 9.47 Å². The van der Waals surface area contributed by atoms with E-state index in [0.29, 0.717) is 27.1 Å². The molecule has 3 aromatic rings. The molecule has 9 heteroatoms. The summed E-state index contributed by atoms with van der Waals surface area (Å²) < 4.78 is 10.8. The van der Waals surface area contributed by atoms with Crippen molar-refractivity contribution in [3.05, 3.63) is 93.5 Å². The normalized spacial score (nSPS) is 14.9. The molecule has 0 aromatic heterocycles. The summed E-state index contributed by atoms with van der Waals surface area (Å²) in [6.07, 6.45) is 1.42. The molecule has 1 aliphatic heterocycles. The number of ether oxygens (including phenoxy) is 2. The van der Waals surface area contributed by atoms with Gasteiger partial charge in [-0.1, -0.05) is 41.4 Å². The SMILES string of the molecule is COc1ccc(/C=C2\C(=O)NC(=O)N(c3ccc(OCc4ccc(Cl)cc4Cl)cc3)C2=O)cc1. The van der Waals surface area contributed by atoms with Gasteiger partial charge in [0.05, 0.1) is 12.8 Å². The Morgan fingerprint density at radius 1 is 0.912 bits per heavy atom. The first kappa shape index (κ1) is 23.4. The quantitative estimate of drug-likeness (QED) is 0.372. The Morgan fingerprint density at radius 3 is 2.24 bits per heavy atom. The molecule has 172 valence electrons. The van der Waals surface area contributed by atoms with E-state index in [2.05, 4.69) is 5.32 Å². The Bertz CT molecular complexity index is 1290. The predicted molar refractivity (Wildman–Crippen MR) is 129 cm³/mol. The molecule has 3 aromatic carbocycles. The fourth-order valence-electron chi connectivity index (χ4n) is 3.25. The summed E-state index contributed by atoms with van der Waals surface area (Å²) >= 11 is 12.1. The molecule has 0 unspecified atom stereocenters. The molecular weight excluding hydrogens is 479 g/mol. The van der Waals surface area contributed by atoms with Crippen LogP contribution in [0.15, 0.2) is 72.3 Å². The fourth-order valence-corrected chi connectivity index (χ4v) is 3.71. The van der Waals surface area contributed by atoms with E-state index in [4.69, 9.17) is 32.7 Å². The van der Waals surface area contributed by atoms with Crippen LogP contribution in [-0.4, -0.2) is 25.0 Å². The summed E-state index contributed by atoms with van der Waals surface area (Å²) in [7, 11) is 1.54. The standard InChI is InChI=1S/C25H18Cl2N2O5/c1-33-19-8-2-15(3-9-19)12-21-23(30)28-25(32)29(24(21)31)18-6-10-20(11-7-18)34-14-16-4-5-17(26)13-22(16)27/h2-13H,14H2,1H3,(H,28,30,32)/b21-12+. The molecule has 1 fully saturated rings. The van der Waals surface area contributed by atoms with E-state index in [1.807, 2.05) is 0 Å². The Balaban J connectivity index is 1.51. The van der Waals surface area contributed by atoms with Gasteiger partial charge in [-0.25, -0.2) is 9.69 Å². The van der Waals surface area contributed by atoms with Crippen molar-refractivity contribution in [2.45, 2.75) is 6.61 Å². The summed E-state index contributed by atoms with van der Waals surface area (Å²) in [6, 6.07) is 17.4. The minimum absolute atomic E-state index is 0.164. The number of barbiturate groups is 1. The van der Waals surface area contributed by atoms with Crippen molar-refractivity contribution in [3.63, 3.8) is 0 Å². The number of nitrogens with one attached hydrogen (secondary N) is 1. The minimum Gasteiger partial charge on any atom is -0.497 e. The van der Waals surface area contributed by atoms with Crippen LogP contribution in [0, 0.1) is 0 Å². The molecule has 1 heterocycles. The van der Waals surface area contributed by atoms with Crippen molar-refractivity contribution in [1.82, 2.24) is 5.32 Å². The van der Waals surface area contributed by atoms with Crippen LogP contribution in [-0.2, 0) is 16.2 Å². The van der Waals surface area contributed by atoms with Crippen molar-refractivity contribution in [2.75, 3.05) is 12.0 Å². The van der Waals surface area contributed by atoms with Crippen LogP contribution in [0.3, 0.4) is 0 Å². The Labute approximate surface area is 205 Å². The summed E-state index contributed by atoms with van der Waals surface area (Å²) in [5.41, 5.74) is 1.49. The number of benzene rings is 3. The van der Waals surface area contributed by atoms with Gasteiger partial charge in [0, 0.05) is 15.6 Å². The molecule has 4 rings (SSSR count). The van der Waals surface area contributed by atoms with E-state index < -0.39 is 17.8 Å². The first-order valence-corrected chi connectivity index (χ1v) is 10.8. The monoisotopic (exact) mass is 496 g/mol. The van der Waals surface area contributed by atoms with Gasteiger partial charge in [0.15, 0.2) is 0 Å². The third kappa shape index (κ3) is 5.06. The number of carbonyl (C=O) groups excluding carboxylic acids is 3. The van der Waals surface area contributed by atoms with Crippen LogP contribution in [0.4, 0.5) is 10.5 Å². The van der Waals surface area contributed by atoms with Crippen molar-refractivity contribution in [3.8, 4) is 11.5 Å². The molecule has 4 amide bonds. The van der Waals surface area contributed by atoms with E-state index in [9.17, 15) is 14.4 Å². The van der Waals surface area contributed by atoms with Crippen molar-refractivity contribution >= 4 is 52.8 Å². The summed E-state index contributed by atoms with van der Waals surface area (Å²) in [6.45, 7) is 0.210. The summed E-state index contributed by atoms with van der Waals surface area (Å²) in [5, 5.41) is 3.22. The molecule has 1 saturated heterocycles. The van der Waals surface area contributed by atoms with E-state index in [0.717, 1.165) is 10.5 Å². The maximum Gasteiger partial charge on any atom is 0.335 e. The number of carbonyl (C=O) groups is 3. The highest BCUT2D eigenvalue weighted by atomic mass is 35.5. The second-order valence-corrected chi connectivity index (χ2v) is 8.09. The van der Waals surface area contributed by atoms with Crippen LogP contribution in [0.5, 0.6) is 11.5 Å². The number of halogens is 2. The van der Waals surface area contributed by atoms with Gasteiger partial charge in [0.1, 0.15) is 23.7 Å². The molecular formula is C25H18Cl2N2O5. The topological polar surface area (TPSA) is 84.9 Å². The number of methoxy groups -OCH3 is 1. The van der Waals surface area contributed by atoms with Gasteiger partial charge in [-0.15, -0.1) is 0 Å². The molecule has 0 spiro atoms. The van der Waals surface area contributed by atoms with Gasteiger partial charge in [-0.2, -0.15) is 0 Å². The highest BCUT2D eigenvalue weighted by Gasteiger charge is 2.36. The zero-order valence-corrected chi connectivity index (χ0v) is 19.4. The van der Waals surface area contributed by atoms with E-state index >= 15 is 0 Å². The van der Waals surface area contributed by atoms with Crippen LogP contribution in [0.1, 0.15) is 11.1 Å². The molecule has 34 heavy (non-hydrogen) atoms. The smallest absolute Gasteiger partial charge is 0.335 e. The lowest BCUT2D eigenvalue weighted by molar-refractivity contribution is -0.122. The molecule has 0 aliphatic carbocycles. The number of urea groups is 1. The number of anilines is 1. The summed E-state index contributed by atoms with van der Waals surface area (Å²) in [5.74, 6) is -0.350. The van der Waals surface area contributed by atoms with Gasteiger partial charge in [-0.3, -0.25) is 14.9 Å². The largest absolute Gasteiger partial charge is 0.497 e. The highest BCUT2D eigenvalue weighted by molar-refractivity contribution is 6.39. The molecule has 1 N–H and O–H groups in total. The Kier molecular flexibility index (Phi) is 6.86. The summed E-state index contributed by atoms with van der Waals surface area (Å²) in [4.78, 5) is 38.7. The van der Waals surface area contributed by atoms with Gasteiger partial charge >= 0.3 is 6.03 Å². The fraction of sp³-hybridized carbons (Fsp3) is 0.0800. The number of nitrogens with zero attached hydrogens (tertiary/aromatic N) is 1. The second-order valence-electron chi connectivity index (χ2n) is 7.25. The van der Waals surface area contributed by atoms with Gasteiger partial charge in [0.2, 0.25) is 0 Å².